The fourth-order valence-electron chi connectivity index (χ4n) is 4.79. The van der Waals surface area contributed by atoms with E-state index < -0.39 is 0 Å². The highest BCUT2D eigenvalue weighted by molar-refractivity contribution is 5.97. The molecule has 1 aromatic carbocycles. The summed E-state index contributed by atoms with van der Waals surface area (Å²) < 4.78 is 0. The summed E-state index contributed by atoms with van der Waals surface area (Å²) >= 11 is 0. The highest BCUT2D eigenvalue weighted by atomic mass is 35.5. The van der Waals surface area contributed by atoms with Gasteiger partial charge in [-0.25, -0.2) is 0 Å². The molecule has 1 aliphatic heterocycles. The first-order valence-corrected chi connectivity index (χ1v) is 10.2. The van der Waals surface area contributed by atoms with Gasteiger partial charge in [0.15, 0.2) is 0 Å². The molecule has 3 unspecified atom stereocenters. The molecular formula is C21H30ClN3O2. The molecule has 3 aliphatic rings. The van der Waals surface area contributed by atoms with Crippen molar-refractivity contribution in [3.8, 4) is 0 Å². The molecule has 0 radical (unpaired) electrons. The number of hydrogen-bond donors (Lipinski definition) is 3. The minimum Gasteiger partial charge on any atom is -0.349 e. The molecule has 5 nitrogen and oxygen atoms in total. The summed E-state index contributed by atoms with van der Waals surface area (Å²) in [7, 11) is 0. The van der Waals surface area contributed by atoms with Crippen molar-refractivity contribution in [3.63, 3.8) is 0 Å². The summed E-state index contributed by atoms with van der Waals surface area (Å²) in [6, 6.07) is 7.98. The Hall–Kier alpha value is -1.59. The second kappa shape index (κ2) is 9.07. The Morgan fingerprint density at radius 3 is 2.30 bits per heavy atom. The molecule has 0 bridgehead atoms. The number of nitrogens with one attached hydrogen (secondary N) is 3. The Balaban J connectivity index is 0.00000210. The van der Waals surface area contributed by atoms with E-state index in [1.165, 1.54) is 38.5 Å². The number of amides is 2. The fourth-order valence-corrected chi connectivity index (χ4v) is 4.79. The average molecular weight is 392 g/mol. The molecule has 1 aromatic rings. The van der Waals surface area contributed by atoms with E-state index in [-0.39, 0.29) is 30.3 Å². The molecular weight excluding hydrogens is 362 g/mol. The summed E-state index contributed by atoms with van der Waals surface area (Å²) in [4.78, 5) is 24.8. The topological polar surface area (TPSA) is 70.2 Å². The maximum Gasteiger partial charge on any atom is 0.251 e. The maximum atomic E-state index is 12.6. The molecule has 1 saturated heterocycles. The minimum atomic E-state index is -0.0894. The van der Waals surface area contributed by atoms with Crippen LogP contribution in [0.3, 0.4) is 0 Å². The van der Waals surface area contributed by atoms with Crippen molar-refractivity contribution in [1.82, 2.24) is 10.6 Å². The molecule has 3 fully saturated rings. The normalized spacial score (nSPS) is 27.5. The number of carbonyl (C=O) groups excluding carboxylic acids is 2. The zero-order chi connectivity index (χ0) is 17.9. The molecule has 27 heavy (non-hydrogen) atoms. The smallest absolute Gasteiger partial charge is 0.251 e. The zero-order valence-electron chi connectivity index (χ0n) is 15.7. The van der Waals surface area contributed by atoms with Crippen LogP contribution < -0.4 is 16.0 Å². The van der Waals surface area contributed by atoms with Crippen LogP contribution in [0.25, 0.3) is 0 Å². The minimum absolute atomic E-state index is 0. The maximum absolute atomic E-state index is 12.6. The van der Waals surface area contributed by atoms with Crippen molar-refractivity contribution >= 4 is 29.9 Å². The number of halogens is 1. The Kier molecular flexibility index (Phi) is 6.77. The zero-order valence-corrected chi connectivity index (χ0v) is 16.5. The van der Waals surface area contributed by atoms with Crippen LogP contribution in [0.5, 0.6) is 0 Å². The van der Waals surface area contributed by atoms with Gasteiger partial charge in [0, 0.05) is 23.3 Å². The second-order valence-electron chi connectivity index (χ2n) is 8.13. The molecule has 2 saturated carbocycles. The first kappa shape index (κ1) is 20.2. The lowest BCUT2D eigenvalue weighted by Crippen LogP contribution is -2.39. The third-order valence-corrected chi connectivity index (χ3v) is 6.28. The van der Waals surface area contributed by atoms with Crippen LogP contribution in [0.15, 0.2) is 24.3 Å². The first-order valence-electron chi connectivity index (χ1n) is 10.2. The van der Waals surface area contributed by atoms with Gasteiger partial charge in [-0.15, -0.1) is 12.4 Å². The predicted octanol–water partition coefficient (Wildman–Crippen LogP) is 3.64. The monoisotopic (exact) mass is 391 g/mol. The number of hydrogen-bond acceptors (Lipinski definition) is 3. The summed E-state index contributed by atoms with van der Waals surface area (Å²) in [6.45, 7) is 0. The SMILES string of the molecule is Cl.O=C(NC1CCCC1)c1ccc(NC(=O)C2CC3CCCCC3N2)cc1. The van der Waals surface area contributed by atoms with E-state index in [9.17, 15) is 9.59 Å². The van der Waals surface area contributed by atoms with Gasteiger partial charge in [-0.1, -0.05) is 25.7 Å². The van der Waals surface area contributed by atoms with Crippen LogP contribution in [-0.4, -0.2) is 29.9 Å². The third kappa shape index (κ3) is 4.82. The van der Waals surface area contributed by atoms with Crippen LogP contribution in [0, 0.1) is 5.92 Å². The number of rotatable bonds is 4. The van der Waals surface area contributed by atoms with Crippen molar-refractivity contribution in [2.45, 2.75) is 75.9 Å². The van der Waals surface area contributed by atoms with Crippen molar-refractivity contribution in [3.05, 3.63) is 29.8 Å². The molecule has 1 heterocycles. The van der Waals surface area contributed by atoms with Gasteiger partial charge in [-0.3, -0.25) is 9.59 Å². The van der Waals surface area contributed by atoms with Crippen LogP contribution in [0.4, 0.5) is 5.69 Å². The summed E-state index contributed by atoms with van der Waals surface area (Å²) in [5.74, 6) is 0.681. The van der Waals surface area contributed by atoms with Crippen LogP contribution >= 0.6 is 12.4 Å². The predicted molar refractivity (Wildman–Crippen MR) is 109 cm³/mol. The average Bonchev–Trinajstić information content (AvgIpc) is 3.31. The van der Waals surface area contributed by atoms with Gasteiger partial charge >= 0.3 is 0 Å². The van der Waals surface area contributed by atoms with E-state index in [0.717, 1.165) is 24.9 Å². The van der Waals surface area contributed by atoms with Gasteiger partial charge in [0.2, 0.25) is 5.91 Å². The summed E-state index contributed by atoms with van der Waals surface area (Å²) in [6.07, 6.45) is 10.5. The molecule has 148 valence electrons. The number of carbonyl (C=O) groups is 2. The number of benzene rings is 1. The van der Waals surface area contributed by atoms with Gasteiger partial charge in [-0.05, 0) is 62.3 Å². The summed E-state index contributed by atoms with van der Waals surface area (Å²) in [5, 5.41) is 9.60. The van der Waals surface area contributed by atoms with E-state index in [0.29, 0.717) is 23.6 Å². The molecule has 3 N–H and O–H groups in total. The lowest BCUT2D eigenvalue weighted by atomic mass is 9.85. The van der Waals surface area contributed by atoms with E-state index in [2.05, 4.69) is 16.0 Å². The number of anilines is 1. The van der Waals surface area contributed by atoms with Crippen LogP contribution in [-0.2, 0) is 4.79 Å². The van der Waals surface area contributed by atoms with E-state index in [1.807, 2.05) is 12.1 Å². The standard InChI is InChI=1S/C21H29N3O2.ClH/c25-20(22-16-6-2-3-7-16)14-9-11-17(12-10-14)23-21(26)19-13-15-5-1-4-8-18(15)24-19;/h9-12,15-16,18-19,24H,1-8,13H2,(H,22,25)(H,23,26);1H. The van der Waals surface area contributed by atoms with Gasteiger partial charge in [0.05, 0.1) is 6.04 Å². The highest BCUT2D eigenvalue weighted by Crippen LogP contribution is 2.33. The lowest BCUT2D eigenvalue weighted by Gasteiger charge is -2.24. The second-order valence-corrected chi connectivity index (χ2v) is 8.13. The van der Waals surface area contributed by atoms with Gasteiger partial charge in [0.1, 0.15) is 0 Å². The Bertz CT molecular complexity index is 644. The molecule has 0 spiro atoms. The molecule has 0 aromatic heterocycles. The fraction of sp³-hybridized carbons (Fsp3) is 0.619. The van der Waals surface area contributed by atoms with Gasteiger partial charge in [0.25, 0.3) is 5.91 Å². The van der Waals surface area contributed by atoms with Crippen molar-refractivity contribution < 1.29 is 9.59 Å². The molecule has 3 atom stereocenters. The van der Waals surface area contributed by atoms with Crippen LogP contribution in [0.1, 0.15) is 68.1 Å². The van der Waals surface area contributed by atoms with Gasteiger partial charge in [-0.2, -0.15) is 0 Å². The molecule has 2 aliphatic carbocycles. The molecule has 6 heteroatoms. The van der Waals surface area contributed by atoms with Crippen molar-refractivity contribution in [1.29, 1.82) is 0 Å². The Morgan fingerprint density at radius 2 is 1.59 bits per heavy atom. The first-order chi connectivity index (χ1) is 12.7. The van der Waals surface area contributed by atoms with Gasteiger partial charge < -0.3 is 16.0 Å². The summed E-state index contributed by atoms with van der Waals surface area (Å²) in [5.41, 5.74) is 1.41. The van der Waals surface area contributed by atoms with Crippen molar-refractivity contribution in [2.24, 2.45) is 5.92 Å². The number of fused-ring (bicyclic) bond motifs is 1. The third-order valence-electron chi connectivity index (χ3n) is 6.28. The highest BCUT2D eigenvalue weighted by Gasteiger charge is 2.38. The van der Waals surface area contributed by atoms with E-state index in [4.69, 9.17) is 0 Å². The lowest BCUT2D eigenvalue weighted by molar-refractivity contribution is -0.117. The van der Waals surface area contributed by atoms with E-state index >= 15 is 0 Å². The van der Waals surface area contributed by atoms with Crippen molar-refractivity contribution in [2.75, 3.05) is 5.32 Å². The van der Waals surface area contributed by atoms with E-state index in [1.54, 1.807) is 12.1 Å². The molecule has 2 amide bonds. The quantitative estimate of drug-likeness (QED) is 0.733. The Labute approximate surface area is 167 Å². The van der Waals surface area contributed by atoms with Crippen LogP contribution in [0.2, 0.25) is 0 Å². The Morgan fingerprint density at radius 1 is 0.926 bits per heavy atom. The molecule has 4 rings (SSSR count). The largest absolute Gasteiger partial charge is 0.349 e.